The fourth-order valence-corrected chi connectivity index (χ4v) is 2.38. The first-order chi connectivity index (χ1) is 11.1. The van der Waals surface area contributed by atoms with Crippen molar-refractivity contribution in [3.8, 4) is 0 Å². The molecule has 0 aliphatic heterocycles. The molecule has 1 aromatic heterocycles. The van der Waals surface area contributed by atoms with E-state index in [0.29, 0.717) is 17.3 Å². The molecule has 0 unspecified atom stereocenters. The standard InChI is InChI=1S/C17H21ClN4O/c1-3-22(4-2)16-11-15(20-12-21-16)17(23)19-10-9-13-5-7-14(18)8-6-13/h5-8,11-12H,3-4,9-10H2,1-2H3,(H,19,23). The van der Waals surface area contributed by atoms with Gasteiger partial charge in [-0.2, -0.15) is 0 Å². The van der Waals surface area contributed by atoms with Crippen LogP contribution in [0.2, 0.25) is 5.02 Å². The van der Waals surface area contributed by atoms with Crippen molar-refractivity contribution in [2.75, 3.05) is 24.5 Å². The van der Waals surface area contributed by atoms with Crippen molar-refractivity contribution < 1.29 is 4.79 Å². The molecule has 0 saturated heterocycles. The lowest BCUT2D eigenvalue weighted by atomic mass is 10.1. The molecule has 0 radical (unpaired) electrons. The first-order valence-corrected chi connectivity index (χ1v) is 8.11. The summed E-state index contributed by atoms with van der Waals surface area (Å²) in [7, 11) is 0. The molecule has 0 spiro atoms. The van der Waals surface area contributed by atoms with Crippen LogP contribution < -0.4 is 10.2 Å². The summed E-state index contributed by atoms with van der Waals surface area (Å²) in [5.41, 5.74) is 1.51. The van der Waals surface area contributed by atoms with Crippen LogP contribution in [0.4, 0.5) is 5.82 Å². The van der Waals surface area contributed by atoms with Crippen molar-refractivity contribution in [2.24, 2.45) is 0 Å². The molecule has 1 heterocycles. The molecule has 122 valence electrons. The zero-order valence-electron chi connectivity index (χ0n) is 13.4. The largest absolute Gasteiger partial charge is 0.357 e. The number of carbonyl (C=O) groups excluding carboxylic acids is 1. The van der Waals surface area contributed by atoms with Gasteiger partial charge in [0.05, 0.1) is 0 Å². The second-order valence-electron chi connectivity index (χ2n) is 5.07. The zero-order valence-corrected chi connectivity index (χ0v) is 14.2. The minimum Gasteiger partial charge on any atom is -0.357 e. The molecule has 23 heavy (non-hydrogen) atoms. The summed E-state index contributed by atoms with van der Waals surface area (Å²) >= 11 is 5.85. The number of anilines is 1. The van der Waals surface area contributed by atoms with Crippen LogP contribution in [0.3, 0.4) is 0 Å². The van der Waals surface area contributed by atoms with Crippen LogP contribution in [0, 0.1) is 0 Å². The summed E-state index contributed by atoms with van der Waals surface area (Å²) in [6, 6.07) is 9.33. The molecule has 5 nitrogen and oxygen atoms in total. The number of nitrogens with zero attached hydrogens (tertiary/aromatic N) is 3. The summed E-state index contributed by atoms with van der Waals surface area (Å²) in [6.07, 6.45) is 2.18. The number of hydrogen-bond donors (Lipinski definition) is 1. The van der Waals surface area contributed by atoms with Gasteiger partial charge < -0.3 is 10.2 Å². The fraction of sp³-hybridized carbons (Fsp3) is 0.353. The molecule has 0 atom stereocenters. The van der Waals surface area contributed by atoms with E-state index < -0.39 is 0 Å². The molecule has 0 aliphatic carbocycles. The minimum atomic E-state index is -0.185. The van der Waals surface area contributed by atoms with E-state index in [9.17, 15) is 4.79 Å². The molecule has 0 aliphatic rings. The summed E-state index contributed by atoms with van der Waals surface area (Å²) in [4.78, 5) is 22.6. The van der Waals surface area contributed by atoms with Gasteiger partial charge in [0.15, 0.2) is 0 Å². The Morgan fingerprint density at radius 3 is 2.52 bits per heavy atom. The Morgan fingerprint density at radius 2 is 1.87 bits per heavy atom. The highest BCUT2D eigenvalue weighted by molar-refractivity contribution is 6.30. The lowest BCUT2D eigenvalue weighted by Crippen LogP contribution is -2.28. The van der Waals surface area contributed by atoms with Crippen LogP contribution in [0.1, 0.15) is 29.9 Å². The molecule has 0 bridgehead atoms. The predicted octanol–water partition coefficient (Wildman–Crippen LogP) is 2.95. The molecule has 0 fully saturated rings. The third-order valence-corrected chi connectivity index (χ3v) is 3.84. The molecule has 2 aromatic rings. The number of nitrogens with one attached hydrogen (secondary N) is 1. The summed E-state index contributed by atoms with van der Waals surface area (Å²) in [5, 5.41) is 3.59. The summed E-state index contributed by atoms with van der Waals surface area (Å²) in [6.45, 7) is 6.33. The molecular formula is C17H21ClN4O. The number of rotatable bonds is 7. The number of aromatic nitrogens is 2. The van der Waals surface area contributed by atoms with E-state index in [1.165, 1.54) is 6.33 Å². The quantitative estimate of drug-likeness (QED) is 0.847. The number of benzene rings is 1. The number of hydrogen-bond acceptors (Lipinski definition) is 4. The Hall–Kier alpha value is -2.14. The van der Waals surface area contributed by atoms with E-state index in [0.717, 1.165) is 30.9 Å². The molecule has 1 aromatic carbocycles. The number of carbonyl (C=O) groups is 1. The SMILES string of the molecule is CCN(CC)c1cc(C(=O)NCCc2ccc(Cl)cc2)ncn1. The zero-order chi connectivity index (χ0) is 16.7. The Labute approximate surface area is 141 Å². The van der Waals surface area contributed by atoms with Crippen molar-refractivity contribution in [2.45, 2.75) is 20.3 Å². The highest BCUT2D eigenvalue weighted by Gasteiger charge is 2.10. The van der Waals surface area contributed by atoms with Gasteiger partial charge in [-0.05, 0) is 38.0 Å². The van der Waals surface area contributed by atoms with Gasteiger partial charge in [-0.1, -0.05) is 23.7 Å². The van der Waals surface area contributed by atoms with Crippen LogP contribution in [0.25, 0.3) is 0 Å². The van der Waals surface area contributed by atoms with Crippen molar-refractivity contribution in [1.82, 2.24) is 15.3 Å². The molecule has 1 amide bonds. The fourth-order valence-electron chi connectivity index (χ4n) is 2.25. The van der Waals surface area contributed by atoms with Gasteiger partial charge in [0, 0.05) is 30.7 Å². The topological polar surface area (TPSA) is 58.1 Å². The van der Waals surface area contributed by atoms with E-state index in [-0.39, 0.29) is 5.91 Å². The smallest absolute Gasteiger partial charge is 0.270 e. The Morgan fingerprint density at radius 1 is 1.17 bits per heavy atom. The van der Waals surface area contributed by atoms with Gasteiger partial charge in [-0.25, -0.2) is 9.97 Å². The van der Waals surface area contributed by atoms with E-state index in [1.54, 1.807) is 6.07 Å². The van der Waals surface area contributed by atoms with Crippen LogP contribution in [-0.2, 0) is 6.42 Å². The molecular weight excluding hydrogens is 312 g/mol. The van der Waals surface area contributed by atoms with Gasteiger partial charge in [0.25, 0.3) is 5.91 Å². The van der Waals surface area contributed by atoms with E-state index >= 15 is 0 Å². The third-order valence-electron chi connectivity index (χ3n) is 3.59. The van der Waals surface area contributed by atoms with Gasteiger partial charge in [-0.3, -0.25) is 4.79 Å². The number of amides is 1. The molecule has 1 N–H and O–H groups in total. The number of halogens is 1. The van der Waals surface area contributed by atoms with Gasteiger partial charge in [0.2, 0.25) is 0 Å². The van der Waals surface area contributed by atoms with Crippen molar-refractivity contribution in [1.29, 1.82) is 0 Å². The monoisotopic (exact) mass is 332 g/mol. The van der Waals surface area contributed by atoms with Crippen LogP contribution in [-0.4, -0.2) is 35.5 Å². The maximum absolute atomic E-state index is 12.2. The summed E-state index contributed by atoms with van der Waals surface area (Å²) in [5.74, 6) is 0.586. The van der Waals surface area contributed by atoms with E-state index in [1.807, 2.05) is 24.3 Å². The lowest BCUT2D eigenvalue weighted by molar-refractivity contribution is 0.0949. The average molecular weight is 333 g/mol. The first kappa shape index (κ1) is 17.2. The van der Waals surface area contributed by atoms with E-state index in [4.69, 9.17) is 11.6 Å². The first-order valence-electron chi connectivity index (χ1n) is 7.73. The third kappa shape index (κ3) is 4.93. The molecule has 0 saturated carbocycles. The molecule has 6 heteroatoms. The van der Waals surface area contributed by atoms with Gasteiger partial charge >= 0.3 is 0 Å². The normalized spacial score (nSPS) is 10.4. The highest BCUT2D eigenvalue weighted by Crippen LogP contribution is 2.11. The van der Waals surface area contributed by atoms with Crippen molar-refractivity contribution in [3.63, 3.8) is 0 Å². The Kier molecular flexibility index (Phi) is 6.35. The Bertz CT molecular complexity index is 641. The second-order valence-corrected chi connectivity index (χ2v) is 5.50. The van der Waals surface area contributed by atoms with Crippen LogP contribution in [0.5, 0.6) is 0 Å². The average Bonchev–Trinajstić information content (AvgIpc) is 2.58. The maximum Gasteiger partial charge on any atom is 0.270 e. The van der Waals surface area contributed by atoms with Crippen LogP contribution in [0.15, 0.2) is 36.7 Å². The lowest BCUT2D eigenvalue weighted by Gasteiger charge is -2.19. The Balaban J connectivity index is 1.92. The van der Waals surface area contributed by atoms with Gasteiger partial charge in [-0.15, -0.1) is 0 Å². The van der Waals surface area contributed by atoms with Crippen molar-refractivity contribution in [3.05, 3.63) is 52.9 Å². The van der Waals surface area contributed by atoms with Crippen LogP contribution >= 0.6 is 11.6 Å². The minimum absolute atomic E-state index is 0.185. The van der Waals surface area contributed by atoms with Gasteiger partial charge in [0.1, 0.15) is 17.8 Å². The predicted molar refractivity (Wildman–Crippen MR) is 93.1 cm³/mol. The second kappa shape index (κ2) is 8.48. The van der Waals surface area contributed by atoms with Crippen molar-refractivity contribution >= 4 is 23.3 Å². The maximum atomic E-state index is 12.2. The highest BCUT2D eigenvalue weighted by atomic mass is 35.5. The van der Waals surface area contributed by atoms with E-state index in [2.05, 4.69) is 34.0 Å². The summed E-state index contributed by atoms with van der Waals surface area (Å²) < 4.78 is 0. The molecule has 2 rings (SSSR count).